The maximum atomic E-state index is 11.4. The van der Waals surface area contributed by atoms with E-state index in [0.717, 1.165) is 13.1 Å². The average Bonchev–Trinajstić information content (AvgIpc) is 1.88. The van der Waals surface area contributed by atoms with Gasteiger partial charge in [0.25, 0.3) is 5.91 Å². The summed E-state index contributed by atoms with van der Waals surface area (Å²) in [5.74, 6) is -0.0116. The second-order valence-corrected chi connectivity index (χ2v) is 8.74. The zero-order valence-corrected chi connectivity index (χ0v) is 11.2. The first-order valence-corrected chi connectivity index (χ1v) is 5.67. The molecule has 0 aliphatic carbocycles. The molecule has 0 saturated carbocycles. The number of hydrogen-bond donors (Lipinski definition) is 0. The first-order chi connectivity index (χ1) is 4.93. The number of alkyl halides is 3. The van der Waals surface area contributed by atoms with Crippen LogP contribution in [0, 0.1) is 0 Å². The van der Waals surface area contributed by atoms with Crippen molar-refractivity contribution in [1.82, 2.24) is 4.90 Å². The van der Waals surface area contributed by atoms with E-state index in [1.807, 2.05) is 13.8 Å². The Labute approximate surface area is 92.1 Å². The predicted molar refractivity (Wildman–Crippen MR) is 57.4 cm³/mol. The summed E-state index contributed by atoms with van der Waals surface area (Å²) in [5, 5.41) is 0. The van der Waals surface area contributed by atoms with Crippen molar-refractivity contribution in [3.05, 3.63) is 0 Å². The Morgan fingerprint density at radius 2 is 1.64 bits per heavy atom. The molecule has 11 heavy (non-hydrogen) atoms. The first kappa shape index (κ1) is 11.9. The molecule has 0 bridgehead atoms. The summed E-state index contributed by atoms with van der Waals surface area (Å²) in [6, 6.07) is 0. The molecule has 0 fully saturated rings. The van der Waals surface area contributed by atoms with Crippen LogP contribution < -0.4 is 0 Å². The molecule has 66 valence electrons. The topological polar surface area (TPSA) is 20.3 Å². The molecular weight excluding hydrogens is 342 g/mol. The Morgan fingerprint density at radius 1 is 1.27 bits per heavy atom. The van der Waals surface area contributed by atoms with Gasteiger partial charge in [0.1, 0.15) is 0 Å². The molecule has 0 heterocycles. The minimum atomic E-state index is -0.793. The maximum Gasteiger partial charge on any atom is 0.261 e. The van der Waals surface area contributed by atoms with Gasteiger partial charge < -0.3 is 4.90 Å². The Hall–Kier alpha value is 0.910. The van der Waals surface area contributed by atoms with E-state index in [-0.39, 0.29) is 5.91 Å². The minimum absolute atomic E-state index is 0.0116. The van der Waals surface area contributed by atoms with Crippen molar-refractivity contribution in [3.63, 3.8) is 0 Å². The largest absolute Gasteiger partial charge is 0.341 e. The fourth-order valence-corrected chi connectivity index (χ4v) is 1.44. The lowest BCUT2D eigenvalue weighted by molar-refractivity contribution is -0.128. The number of hydrogen-bond acceptors (Lipinski definition) is 1. The van der Waals surface area contributed by atoms with Crippen LogP contribution in [-0.4, -0.2) is 26.0 Å². The molecule has 0 saturated heterocycles. The summed E-state index contributed by atoms with van der Waals surface area (Å²) >= 11 is 9.50. The summed E-state index contributed by atoms with van der Waals surface area (Å²) in [6.45, 7) is 5.33. The number of rotatable bonds is 2. The molecule has 0 rings (SSSR count). The zero-order chi connectivity index (χ0) is 9.07. The second kappa shape index (κ2) is 4.82. The van der Waals surface area contributed by atoms with Crippen molar-refractivity contribution in [2.24, 2.45) is 0 Å². The van der Waals surface area contributed by atoms with E-state index < -0.39 is 2.14 Å². The van der Waals surface area contributed by atoms with E-state index in [1.54, 1.807) is 4.90 Å². The lowest BCUT2D eigenvalue weighted by Crippen LogP contribution is -2.38. The van der Waals surface area contributed by atoms with E-state index in [9.17, 15) is 4.79 Å². The van der Waals surface area contributed by atoms with E-state index in [4.69, 9.17) is 0 Å². The highest BCUT2D eigenvalue weighted by atomic mass is 80.0. The van der Waals surface area contributed by atoms with Gasteiger partial charge in [-0.2, -0.15) is 0 Å². The highest BCUT2D eigenvalue weighted by molar-refractivity contribution is 9.40. The Balaban J connectivity index is 4.22. The van der Waals surface area contributed by atoms with Gasteiger partial charge in [0.2, 0.25) is 2.14 Å². The highest BCUT2D eigenvalue weighted by Gasteiger charge is 2.31. The van der Waals surface area contributed by atoms with E-state index in [0.29, 0.717) is 0 Å². The third-order valence-electron chi connectivity index (χ3n) is 1.29. The van der Waals surface area contributed by atoms with Crippen molar-refractivity contribution < 1.29 is 4.79 Å². The zero-order valence-electron chi connectivity index (χ0n) is 6.40. The van der Waals surface area contributed by atoms with Gasteiger partial charge in [0, 0.05) is 13.1 Å². The smallest absolute Gasteiger partial charge is 0.261 e. The fraction of sp³-hybridized carbons (Fsp3) is 0.833. The number of nitrogens with zero attached hydrogens (tertiary/aromatic N) is 1. The van der Waals surface area contributed by atoms with Gasteiger partial charge in [-0.25, -0.2) is 0 Å². The molecular formula is C6H10Br3NO. The van der Waals surface area contributed by atoms with E-state index in [2.05, 4.69) is 47.8 Å². The molecule has 0 aliphatic rings. The van der Waals surface area contributed by atoms with Crippen LogP contribution in [0.2, 0.25) is 0 Å². The van der Waals surface area contributed by atoms with Crippen LogP contribution in [0.3, 0.4) is 0 Å². The highest BCUT2D eigenvalue weighted by Crippen LogP contribution is 2.35. The summed E-state index contributed by atoms with van der Waals surface area (Å²) in [7, 11) is 0. The van der Waals surface area contributed by atoms with Crippen LogP contribution in [0.15, 0.2) is 0 Å². The minimum Gasteiger partial charge on any atom is -0.341 e. The number of halogens is 3. The third-order valence-corrected chi connectivity index (χ3v) is 2.31. The average molecular weight is 352 g/mol. The van der Waals surface area contributed by atoms with Gasteiger partial charge in [0.15, 0.2) is 0 Å². The van der Waals surface area contributed by atoms with Crippen molar-refractivity contribution in [2.75, 3.05) is 13.1 Å². The molecule has 0 aromatic rings. The Kier molecular flexibility index (Phi) is 5.22. The Morgan fingerprint density at radius 3 is 1.73 bits per heavy atom. The van der Waals surface area contributed by atoms with Crippen LogP contribution in [-0.2, 0) is 4.79 Å². The van der Waals surface area contributed by atoms with E-state index in [1.165, 1.54) is 0 Å². The summed E-state index contributed by atoms with van der Waals surface area (Å²) in [5.41, 5.74) is 0. The van der Waals surface area contributed by atoms with Gasteiger partial charge in [-0.05, 0) is 61.6 Å². The molecule has 1 amide bonds. The molecule has 0 unspecified atom stereocenters. The number of carbonyl (C=O) groups is 1. The van der Waals surface area contributed by atoms with Gasteiger partial charge in [0.05, 0.1) is 0 Å². The molecule has 5 heteroatoms. The van der Waals surface area contributed by atoms with Crippen molar-refractivity contribution in [1.29, 1.82) is 0 Å². The fourth-order valence-electron chi connectivity index (χ4n) is 0.690. The standard InChI is InChI=1S/C6H10Br3NO/c1-3-10(4-2)5(11)6(7,8)9/h3-4H2,1-2H3. The second-order valence-electron chi connectivity index (χ2n) is 1.98. The monoisotopic (exact) mass is 349 g/mol. The lowest BCUT2D eigenvalue weighted by atomic mass is 10.5. The third kappa shape index (κ3) is 3.90. The SMILES string of the molecule is CCN(CC)C(=O)C(Br)(Br)Br. The van der Waals surface area contributed by atoms with Crippen LogP contribution in [0.25, 0.3) is 0 Å². The quantitative estimate of drug-likeness (QED) is 0.700. The maximum absolute atomic E-state index is 11.4. The predicted octanol–water partition coefficient (Wildman–Crippen LogP) is 2.69. The number of amides is 1. The van der Waals surface area contributed by atoms with Gasteiger partial charge in [-0.15, -0.1) is 0 Å². The van der Waals surface area contributed by atoms with Crippen molar-refractivity contribution in [3.8, 4) is 0 Å². The number of carbonyl (C=O) groups excluding carboxylic acids is 1. The summed E-state index contributed by atoms with van der Waals surface area (Å²) in [6.07, 6.45) is 0. The van der Waals surface area contributed by atoms with Crippen LogP contribution >= 0.6 is 47.8 Å². The first-order valence-electron chi connectivity index (χ1n) is 3.29. The normalized spacial score (nSPS) is 11.4. The molecule has 0 atom stereocenters. The molecule has 2 nitrogen and oxygen atoms in total. The van der Waals surface area contributed by atoms with Crippen molar-refractivity contribution in [2.45, 2.75) is 16.0 Å². The van der Waals surface area contributed by atoms with Gasteiger partial charge in [-0.1, -0.05) is 0 Å². The molecule has 0 N–H and O–H groups in total. The summed E-state index contributed by atoms with van der Waals surface area (Å²) in [4.78, 5) is 13.1. The Bertz CT molecular complexity index is 139. The van der Waals surface area contributed by atoms with Crippen LogP contribution in [0.4, 0.5) is 0 Å². The van der Waals surface area contributed by atoms with Gasteiger partial charge in [-0.3, -0.25) is 4.79 Å². The molecule has 0 aromatic heterocycles. The van der Waals surface area contributed by atoms with Crippen LogP contribution in [0.1, 0.15) is 13.8 Å². The lowest BCUT2D eigenvalue weighted by Gasteiger charge is -2.23. The molecule has 0 radical (unpaired) electrons. The molecule has 0 aromatic carbocycles. The van der Waals surface area contributed by atoms with E-state index >= 15 is 0 Å². The van der Waals surface area contributed by atoms with Gasteiger partial charge >= 0.3 is 0 Å². The molecule has 0 aliphatic heterocycles. The van der Waals surface area contributed by atoms with Crippen molar-refractivity contribution >= 4 is 53.7 Å². The molecule has 0 spiro atoms. The summed E-state index contributed by atoms with van der Waals surface area (Å²) < 4.78 is -0.793. The van der Waals surface area contributed by atoms with Crippen LogP contribution in [0.5, 0.6) is 0 Å².